The van der Waals surface area contributed by atoms with Crippen LogP contribution in [0.25, 0.3) is 0 Å². The van der Waals surface area contributed by atoms with E-state index in [1.54, 1.807) is 12.1 Å². The molecule has 0 fully saturated rings. The van der Waals surface area contributed by atoms with Crippen LogP contribution in [0.1, 0.15) is 11.1 Å². The van der Waals surface area contributed by atoms with Crippen molar-refractivity contribution in [3.63, 3.8) is 0 Å². The topological polar surface area (TPSA) is 82.0 Å². The van der Waals surface area contributed by atoms with Gasteiger partial charge in [-0.05, 0) is 25.6 Å². The number of benzene rings is 1. The molecule has 0 saturated carbocycles. The van der Waals surface area contributed by atoms with Gasteiger partial charge in [-0.1, -0.05) is 12.1 Å². The summed E-state index contributed by atoms with van der Waals surface area (Å²) in [6.45, 7) is 2.14. The molecule has 2 N–H and O–H groups in total. The smallest absolute Gasteiger partial charge is 0.213 e. The summed E-state index contributed by atoms with van der Waals surface area (Å²) in [6, 6.07) is 7.43. The van der Waals surface area contributed by atoms with Crippen LogP contribution in [-0.4, -0.2) is 27.8 Å². The minimum Gasteiger partial charge on any atom is -0.383 e. The molecule has 92 valence electrons. The van der Waals surface area contributed by atoms with Gasteiger partial charge in [0.05, 0.1) is 17.0 Å². The minimum absolute atomic E-state index is 0.0251. The van der Waals surface area contributed by atoms with Gasteiger partial charge in [0, 0.05) is 6.54 Å². The summed E-state index contributed by atoms with van der Waals surface area (Å²) in [6.07, 6.45) is 0. The van der Waals surface area contributed by atoms with Crippen LogP contribution in [0, 0.1) is 18.3 Å². The SMILES string of the molecule is CNS(=O)(=O)CCNc1c(C)cccc1C#N. The second-order valence-corrected chi connectivity index (χ2v) is 5.61. The Balaban J connectivity index is 2.74. The Morgan fingerprint density at radius 2 is 2.12 bits per heavy atom. The van der Waals surface area contributed by atoms with Gasteiger partial charge in [0.15, 0.2) is 0 Å². The Morgan fingerprint density at radius 3 is 2.71 bits per heavy atom. The van der Waals surface area contributed by atoms with Crippen molar-refractivity contribution in [3.05, 3.63) is 29.3 Å². The average molecular weight is 253 g/mol. The second kappa shape index (κ2) is 5.66. The second-order valence-electron chi connectivity index (χ2n) is 3.56. The third-order valence-corrected chi connectivity index (χ3v) is 3.74. The lowest BCUT2D eigenvalue weighted by Gasteiger charge is -2.11. The van der Waals surface area contributed by atoms with Crippen molar-refractivity contribution in [2.24, 2.45) is 0 Å². The van der Waals surface area contributed by atoms with Crippen molar-refractivity contribution in [1.82, 2.24) is 4.72 Å². The zero-order chi connectivity index (χ0) is 12.9. The maximum absolute atomic E-state index is 11.2. The molecule has 0 spiro atoms. The molecule has 1 aromatic carbocycles. The first-order chi connectivity index (χ1) is 8.00. The molecule has 0 amide bonds. The summed E-state index contributed by atoms with van der Waals surface area (Å²) in [7, 11) is -1.84. The van der Waals surface area contributed by atoms with Crippen molar-refractivity contribution in [2.75, 3.05) is 24.7 Å². The van der Waals surface area contributed by atoms with E-state index >= 15 is 0 Å². The molecule has 1 aromatic rings. The van der Waals surface area contributed by atoms with Gasteiger partial charge in [-0.15, -0.1) is 0 Å². The summed E-state index contributed by atoms with van der Waals surface area (Å²) in [5, 5.41) is 11.9. The highest BCUT2D eigenvalue weighted by Crippen LogP contribution is 2.19. The van der Waals surface area contributed by atoms with Gasteiger partial charge < -0.3 is 5.32 Å². The Labute approximate surface area is 102 Å². The predicted molar refractivity (Wildman–Crippen MR) is 67.2 cm³/mol. The Hall–Kier alpha value is -1.58. The molecule has 0 unspecified atom stereocenters. The van der Waals surface area contributed by atoms with E-state index in [0.29, 0.717) is 11.3 Å². The number of anilines is 1. The molecule has 5 nitrogen and oxygen atoms in total. The maximum atomic E-state index is 11.2. The Kier molecular flexibility index (Phi) is 4.49. The lowest BCUT2D eigenvalue weighted by Crippen LogP contribution is -2.26. The predicted octanol–water partition coefficient (Wildman–Crippen LogP) is 0.828. The fraction of sp³-hybridized carbons (Fsp3) is 0.364. The fourth-order valence-electron chi connectivity index (χ4n) is 1.41. The van der Waals surface area contributed by atoms with Crippen molar-refractivity contribution in [2.45, 2.75) is 6.92 Å². The molecular weight excluding hydrogens is 238 g/mol. The van der Waals surface area contributed by atoms with Crippen LogP contribution in [0.5, 0.6) is 0 Å². The molecule has 6 heteroatoms. The van der Waals surface area contributed by atoms with E-state index in [4.69, 9.17) is 5.26 Å². The summed E-state index contributed by atoms with van der Waals surface area (Å²) < 4.78 is 24.7. The van der Waals surface area contributed by atoms with Gasteiger partial charge in [-0.2, -0.15) is 5.26 Å². The molecule has 0 saturated heterocycles. The van der Waals surface area contributed by atoms with Gasteiger partial charge in [0.25, 0.3) is 0 Å². The number of aryl methyl sites for hydroxylation is 1. The van der Waals surface area contributed by atoms with Gasteiger partial charge in [0.2, 0.25) is 10.0 Å². The van der Waals surface area contributed by atoms with Crippen molar-refractivity contribution in [1.29, 1.82) is 5.26 Å². The van der Waals surface area contributed by atoms with Crippen LogP contribution in [0.4, 0.5) is 5.69 Å². The monoisotopic (exact) mass is 253 g/mol. The number of para-hydroxylation sites is 1. The largest absolute Gasteiger partial charge is 0.383 e. The molecule has 0 heterocycles. The molecule has 0 aliphatic rings. The lowest BCUT2D eigenvalue weighted by atomic mass is 10.1. The van der Waals surface area contributed by atoms with Crippen molar-refractivity contribution < 1.29 is 8.42 Å². The molecule has 0 aromatic heterocycles. The minimum atomic E-state index is -3.22. The zero-order valence-corrected chi connectivity index (χ0v) is 10.6. The van der Waals surface area contributed by atoms with Crippen LogP contribution < -0.4 is 10.0 Å². The van der Waals surface area contributed by atoms with Gasteiger partial charge in [-0.3, -0.25) is 0 Å². The zero-order valence-electron chi connectivity index (χ0n) is 9.82. The van der Waals surface area contributed by atoms with E-state index in [1.165, 1.54) is 7.05 Å². The quantitative estimate of drug-likeness (QED) is 0.814. The Bertz CT molecular complexity index is 532. The standard InChI is InChI=1S/C11H15N3O2S/c1-9-4-3-5-10(8-12)11(9)14-6-7-17(15,16)13-2/h3-5,13-14H,6-7H2,1-2H3. The van der Waals surface area contributed by atoms with Crippen LogP contribution >= 0.6 is 0 Å². The van der Waals surface area contributed by atoms with Crippen molar-refractivity contribution >= 4 is 15.7 Å². The van der Waals surface area contributed by atoms with E-state index in [1.807, 2.05) is 13.0 Å². The van der Waals surface area contributed by atoms with Crippen LogP contribution in [0.15, 0.2) is 18.2 Å². The number of rotatable bonds is 5. The third kappa shape index (κ3) is 3.73. The first-order valence-electron chi connectivity index (χ1n) is 5.15. The fourth-order valence-corrected chi connectivity index (χ4v) is 1.98. The summed E-state index contributed by atoms with van der Waals surface area (Å²) in [5.41, 5.74) is 2.14. The molecule has 0 bridgehead atoms. The summed E-state index contributed by atoms with van der Waals surface area (Å²) in [5.74, 6) is -0.0251. The average Bonchev–Trinajstić information content (AvgIpc) is 2.31. The van der Waals surface area contributed by atoms with Crippen LogP contribution in [0.2, 0.25) is 0 Å². The van der Waals surface area contributed by atoms with Gasteiger partial charge in [-0.25, -0.2) is 13.1 Å². The first kappa shape index (κ1) is 13.5. The third-order valence-electron chi connectivity index (χ3n) is 2.38. The van der Waals surface area contributed by atoms with Gasteiger partial charge in [0.1, 0.15) is 6.07 Å². The van der Waals surface area contributed by atoms with E-state index in [-0.39, 0.29) is 12.3 Å². The highest BCUT2D eigenvalue weighted by atomic mass is 32.2. The molecule has 0 aliphatic carbocycles. The maximum Gasteiger partial charge on any atom is 0.213 e. The summed E-state index contributed by atoms with van der Waals surface area (Å²) in [4.78, 5) is 0. The van der Waals surface area contributed by atoms with E-state index in [9.17, 15) is 8.42 Å². The van der Waals surface area contributed by atoms with Crippen molar-refractivity contribution in [3.8, 4) is 6.07 Å². The molecule has 17 heavy (non-hydrogen) atoms. The number of nitrogens with zero attached hydrogens (tertiary/aromatic N) is 1. The number of nitriles is 1. The number of sulfonamides is 1. The van der Waals surface area contributed by atoms with E-state index in [0.717, 1.165) is 5.56 Å². The molecular formula is C11H15N3O2S. The molecule has 1 rings (SSSR count). The van der Waals surface area contributed by atoms with Crippen LogP contribution in [-0.2, 0) is 10.0 Å². The lowest BCUT2D eigenvalue weighted by molar-refractivity contribution is 0.588. The van der Waals surface area contributed by atoms with E-state index < -0.39 is 10.0 Å². The number of hydrogen-bond donors (Lipinski definition) is 2. The highest BCUT2D eigenvalue weighted by molar-refractivity contribution is 7.89. The normalized spacial score (nSPS) is 10.9. The van der Waals surface area contributed by atoms with Crippen LogP contribution in [0.3, 0.4) is 0 Å². The first-order valence-corrected chi connectivity index (χ1v) is 6.80. The van der Waals surface area contributed by atoms with E-state index in [2.05, 4.69) is 16.1 Å². The number of nitrogens with one attached hydrogen (secondary N) is 2. The highest BCUT2D eigenvalue weighted by Gasteiger charge is 2.08. The number of hydrogen-bond acceptors (Lipinski definition) is 4. The Morgan fingerprint density at radius 1 is 1.41 bits per heavy atom. The summed E-state index contributed by atoms with van der Waals surface area (Å²) >= 11 is 0. The molecule has 0 atom stereocenters. The molecule has 0 radical (unpaired) electrons. The molecule has 0 aliphatic heterocycles. The van der Waals surface area contributed by atoms with Gasteiger partial charge >= 0.3 is 0 Å².